The summed E-state index contributed by atoms with van der Waals surface area (Å²) in [6, 6.07) is 12.2. The van der Waals surface area contributed by atoms with Gasteiger partial charge in [-0.15, -0.1) is 0 Å². The number of aryl methyl sites for hydroxylation is 1. The molecule has 0 atom stereocenters. The number of ether oxygens (including phenoxy) is 1. The monoisotopic (exact) mass is 358 g/mol. The van der Waals surface area contributed by atoms with Gasteiger partial charge in [0.05, 0.1) is 16.8 Å². The first-order valence-electron chi connectivity index (χ1n) is 8.11. The Balaban J connectivity index is 2.09. The van der Waals surface area contributed by atoms with E-state index < -0.39 is 0 Å². The lowest BCUT2D eigenvalue weighted by atomic mass is 10.1. The average molecular weight is 358 g/mol. The lowest BCUT2D eigenvalue weighted by Gasteiger charge is -2.06. The molecular weight excluding hydrogens is 339 g/mol. The highest BCUT2D eigenvalue weighted by Crippen LogP contribution is 2.20. The van der Waals surface area contributed by atoms with Crippen LogP contribution >= 0.6 is 11.3 Å². The van der Waals surface area contributed by atoms with Crippen molar-refractivity contribution in [3.05, 3.63) is 64.2 Å². The van der Waals surface area contributed by atoms with Crippen LogP contribution in [0.25, 0.3) is 10.2 Å². The average Bonchev–Trinajstić information content (AvgIpc) is 2.94. The van der Waals surface area contributed by atoms with Crippen LogP contribution in [0, 0.1) is 12.7 Å². The number of benzene rings is 2. The van der Waals surface area contributed by atoms with Gasteiger partial charge in [0.15, 0.2) is 4.80 Å². The van der Waals surface area contributed by atoms with Crippen LogP contribution in [0.3, 0.4) is 0 Å². The largest absolute Gasteiger partial charge is 0.380 e. The van der Waals surface area contributed by atoms with Crippen molar-refractivity contribution < 1.29 is 13.9 Å². The summed E-state index contributed by atoms with van der Waals surface area (Å²) in [5, 5.41) is 0. The molecule has 0 radical (unpaired) electrons. The van der Waals surface area contributed by atoms with E-state index in [4.69, 9.17) is 4.74 Å². The van der Waals surface area contributed by atoms with Crippen LogP contribution in [0.2, 0.25) is 0 Å². The second-order valence-electron chi connectivity index (χ2n) is 5.61. The van der Waals surface area contributed by atoms with Crippen molar-refractivity contribution in [1.29, 1.82) is 0 Å². The molecule has 3 rings (SSSR count). The predicted molar refractivity (Wildman–Crippen MR) is 97.3 cm³/mol. The van der Waals surface area contributed by atoms with E-state index in [2.05, 4.69) is 4.99 Å². The van der Waals surface area contributed by atoms with Crippen LogP contribution in [-0.4, -0.2) is 23.7 Å². The molecule has 6 heteroatoms. The predicted octanol–water partition coefficient (Wildman–Crippen LogP) is 3.93. The van der Waals surface area contributed by atoms with Crippen molar-refractivity contribution in [2.45, 2.75) is 20.4 Å². The first-order valence-corrected chi connectivity index (χ1v) is 8.93. The molecule has 1 aromatic heterocycles. The third-order valence-corrected chi connectivity index (χ3v) is 4.82. The van der Waals surface area contributed by atoms with Gasteiger partial charge in [-0.1, -0.05) is 35.1 Å². The minimum absolute atomic E-state index is 0.324. The molecule has 0 saturated carbocycles. The SMILES string of the molecule is CCOCCn1c(=NC(=O)c2cccc(C)c2)sc2cccc(F)c21. The molecule has 25 heavy (non-hydrogen) atoms. The number of carbonyl (C=O) groups excluding carboxylic acids is 1. The molecule has 1 heterocycles. The maximum atomic E-state index is 14.3. The van der Waals surface area contributed by atoms with Crippen molar-refractivity contribution in [3.8, 4) is 0 Å². The molecule has 0 saturated heterocycles. The molecule has 0 aliphatic heterocycles. The van der Waals surface area contributed by atoms with Gasteiger partial charge >= 0.3 is 0 Å². The minimum atomic E-state index is -0.333. The standard InChI is InChI=1S/C19H19FN2O2S/c1-3-24-11-10-22-17-15(20)8-5-9-16(17)25-19(22)21-18(23)14-7-4-6-13(2)12-14/h4-9,12H,3,10-11H2,1-2H3. The van der Waals surface area contributed by atoms with E-state index in [-0.39, 0.29) is 11.7 Å². The third-order valence-electron chi connectivity index (χ3n) is 3.78. The summed E-state index contributed by atoms with van der Waals surface area (Å²) in [6.07, 6.45) is 0. The van der Waals surface area contributed by atoms with Crippen LogP contribution in [-0.2, 0) is 11.3 Å². The summed E-state index contributed by atoms with van der Waals surface area (Å²) in [5.74, 6) is -0.657. The Morgan fingerprint density at radius 1 is 1.28 bits per heavy atom. The molecule has 4 nitrogen and oxygen atoms in total. The zero-order chi connectivity index (χ0) is 17.8. The van der Waals surface area contributed by atoms with Gasteiger partial charge in [-0.3, -0.25) is 4.79 Å². The summed E-state index contributed by atoms with van der Waals surface area (Å²) >= 11 is 1.30. The summed E-state index contributed by atoms with van der Waals surface area (Å²) in [7, 11) is 0. The van der Waals surface area contributed by atoms with Crippen molar-refractivity contribution in [2.24, 2.45) is 4.99 Å². The number of carbonyl (C=O) groups is 1. The Bertz CT molecular complexity index is 975. The molecule has 0 aliphatic carbocycles. The van der Waals surface area contributed by atoms with Gasteiger partial charge in [-0.25, -0.2) is 4.39 Å². The number of fused-ring (bicyclic) bond motifs is 1. The van der Waals surface area contributed by atoms with Gasteiger partial charge in [0.2, 0.25) is 0 Å². The number of hydrogen-bond acceptors (Lipinski definition) is 3. The third kappa shape index (κ3) is 3.86. The highest BCUT2D eigenvalue weighted by molar-refractivity contribution is 7.16. The lowest BCUT2D eigenvalue weighted by molar-refractivity contribution is 0.0996. The zero-order valence-electron chi connectivity index (χ0n) is 14.2. The molecule has 0 fully saturated rings. The van der Waals surface area contributed by atoms with Crippen LogP contribution in [0.15, 0.2) is 47.5 Å². The molecule has 3 aromatic rings. The first kappa shape index (κ1) is 17.5. The molecule has 2 aromatic carbocycles. The first-order chi connectivity index (χ1) is 12.1. The quantitative estimate of drug-likeness (QED) is 0.649. The van der Waals surface area contributed by atoms with Crippen molar-refractivity contribution in [2.75, 3.05) is 13.2 Å². The van der Waals surface area contributed by atoms with Crippen molar-refractivity contribution in [3.63, 3.8) is 0 Å². The molecule has 130 valence electrons. The number of nitrogens with zero attached hydrogens (tertiary/aromatic N) is 2. The van der Waals surface area contributed by atoms with Gasteiger partial charge in [0.1, 0.15) is 5.82 Å². The number of para-hydroxylation sites is 1. The maximum absolute atomic E-state index is 14.3. The van der Waals surface area contributed by atoms with Crippen LogP contribution in [0.4, 0.5) is 4.39 Å². The van der Waals surface area contributed by atoms with Gasteiger partial charge in [0.25, 0.3) is 5.91 Å². The van der Waals surface area contributed by atoms with Crippen LogP contribution in [0.5, 0.6) is 0 Å². The minimum Gasteiger partial charge on any atom is -0.380 e. The van der Waals surface area contributed by atoms with Crippen molar-refractivity contribution >= 4 is 27.5 Å². The van der Waals surface area contributed by atoms with Gasteiger partial charge < -0.3 is 9.30 Å². The number of halogens is 1. The Morgan fingerprint density at radius 3 is 2.84 bits per heavy atom. The van der Waals surface area contributed by atoms with E-state index in [1.165, 1.54) is 17.4 Å². The van der Waals surface area contributed by atoms with Gasteiger partial charge in [-0.2, -0.15) is 4.99 Å². The Hall–Kier alpha value is -2.31. The van der Waals surface area contributed by atoms with Crippen LogP contribution in [0.1, 0.15) is 22.8 Å². The zero-order valence-corrected chi connectivity index (χ0v) is 15.0. The molecule has 0 unspecified atom stereocenters. The fourth-order valence-corrected chi connectivity index (χ4v) is 3.68. The normalized spacial score (nSPS) is 12.0. The smallest absolute Gasteiger partial charge is 0.279 e. The fraction of sp³-hybridized carbons (Fsp3) is 0.263. The Kier molecular flexibility index (Phi) is 5.40. The molecule has 0 bridgehead atoms. The van der Waals surface area contributed by atoms with E-state index in [0.717, 1.165) is 10.3 Å². The highest BCUT2D eigenvalue weighted by atomic mass is 32.1. The molecule has 0 spiro atoms. The van der Waals surface area contributed by atoms with E-state index in [0.29, 0.717) is 35.6 Å². The van der Waals surface area contributed by atoms with Crippen LogP contribution < -0.4 is 4.80 Å². The van der Waals surface area contributed by atoms with Crippen molar-refractivity contribution in [1.82, 2.24) is 4.57 Å². The summed E-state index contributed by atoms with van der Waals surface area (Å²) < 4.78 is 22.2. The van der Waals surface area contributed by atoms with E-state index >= 15 is 0 Å². The molecule has 0 aliphatic rings. The Morgan fingerprint density at radius 2 is 2.08 bits per heavy atom. The second kappa shape index (κ2) is 7.72. The number of rotatable bonds is 5. The van der Waals surface area contributed by atoms with E-state index in [1.807, 2.05) is 32.0 Å². The number of aromatic nitrogens is 1. The maximum Gasteiger partial charge on any atom is 0.279 e. The molecule has 1 amide bonds. The topological polar surface area (TPSA) is 43.6 Å². The molecular formula is C19H19FN2O2S. The Labute approximate surface area is 149 Å². The fourth-order valence-electron chi connectivity index (χ4n) is 2.61. The molecule has 0 N–H and O–H groups in total. The lowest BCUT2D eigenvalue weighted by Crippen LogP contribution is -2.20. The summed E-state index contributed by atoms with van der Waals surface area (Å²) in [6.45, 7) is 5.29. The highest BCUT2D eigenvalue weighted by Gasteiger charge is 2.12. The van der Waals surface area contributed by atoms with E-state index in [1.54, 1.807) is 22.8 Å². The number of amides is 1. The van der Waals surface area contributed by atoms with Gasteiger partial charge in [0, 0.05) is 18.7 Å². The summed E-state index contributed by atoms with van der Waals surface area (Å²) in [4.78, 5) is 17.2. The summed E-state index contributed by atoms with van der Waals surface area (Å²) in [5.41, 5.74) is 1.98. The number of thiazole rings is 1. The van der Waals surface area contributed by atoms with Gasteiger partial charge in [-0.05, 0) is 38.1 Å². The second-order valence-corrected chi connectivity index (χ2v) is 6.62. The number of hydrogen-bond donors (Lipinski definition) is 0. The van der Waals surface area contributed by atoms with E-state index in [9.17, 15) is 9.18 Å².